The van der Waals surface area contributed by atoms with Crippen LogP contribution in [0.5, 0.6) is 0 Å². The number of benzene rings is 1. The van der Waals surface area contributed by atoms with Gasteiger partial charge in [-0.15, -0.1) is 0 Å². The second-order valence-electron chi connectivity index (χ2n) is 5.41. The maximum absolute atomic E-state index is 12.2. The highest BCUT2D eigenvalue weighted by atomic mass is 16.2. The van der Waals surface area contributed by atoms with Crippen molar-refractivity contribution in [2.24, 2.45) is 0 Å². The fraction of sp³-hybridized carbons (Fsp3) is 0.500. The quantitative estimate of drug-likeness (QED) is 0.863. The lowest BCUT2D eigenvalue weighted by molar-refractivity contribution is -0.122. The lowest BCUT2D eigenvalue weighted by atomic mass is 10.3. The first-order valence-electron chi connectivity index (χ1n) is 7.79. The van der Waals surface area contributed by atoms with Gasteiger partial charge in [0.1, 0.15) is 0 Å². The van der Waals surface area contributed by atoms with Crippen molar-refractivity contribution in [2.45, 2.75) is 13.3 Å². The van der Waals surface area contributed by atoms with Crippen LogP contribution in [0.3, 0.4) is 0 Å². The third-order valence-electron chi connectivity index (χ3n) is 3.62. The van der Waals surface area contributed by atoms with E-state index in [0.717, 1.165) is 31.7 Å². The summed E-state index contributed by atoms with van der Waals surface area (Å²) in [5, 5.41) is 5.76. The van der Waals surface area contributed by atoms with Crippen LogP contribution in [-0.4, -0.2) is 61.0 Å². The summed E-state index contributed by atoms with van der Waals surface area (Å²) >= 11 is 0. The maximum Gasteiger partial charge on any atom is 0.321 e. The van der Waals surface area contributed by atoms with Crippen molar-refractivity contribution in [3.8, 4) is 0 Å². The van der Waals surface area contributed by atoms with Crippen LogP contribution >= 0.6 is 0 Å². The summed E-state index contributed by atoms with van der Waals surface area (Å²) in [6.07, 6.45) is 0.944. The number of rotatable bonds is 5. The Morgan fingerprint density at radius 3 is 2.41 bits per heavy atom. The zero-order chi connectivity index (χ0) is 15.8. The Balaban J connectivity index is 1.72. The largest absolute Gasteiger partial charge is 0.355 e. The molecule has 1 aliphatic rings. The number of nitrogens with one attached hydrogen (secondary N) is 2. The fourth-order valence-electron chi connectivity index (χ4n) is 2.36. The first-order valence-corrected chi connectivity index (χ1v) is 7.79. The molecule has 1 aromatic carbocycles. The molecule has 1 aliphatic heterocycles. The van der Waals surface area contributed by atoms with Gasteiger partial charge in [0.15, 0.2) is 0 Å². The molecule has 22 heavy (non-hydrogen) atoms. The Hall–Kier alpha value is -2.08. The van der Waals surface area contributed by atoms with E-state index in [1.807, 2.05) is 37.3 Å². The highest BCUT2D eigenvalue weighted by molar-refractivity contribution is 5.89. The zero-order valence-electron chi connectivity index (χ0n) is 13.0. The number of para-hydroxylation sites is 1. The molecule has 6 heteroatoms. The molecule has 0 atom stereocenters. The third kappa shape index (κ3) is 5.04. The second kappa shape index (κ2) is 8.38. The molecule has 120 valence electrons. The summed E-state index contributed by atoms with van der Waals surface area (Å²) in [6.45, 7) is 5.89. The van der Waals surface area contributed by atoms with Crippen LogP contribution in [0.1, 0.15) is 13.3 Å². The molecule has 0 saturated carbocycles. The number of hydrogen-bond acceptors (Lipinski definition) is 3. The summed E-state index contributed by atoms with van der Waals surface area (Å²) in [4.78, 5) is 27.7. The van der Waals surface area contributed by atoms with Crippen LogP contribution in [0, 0.1) is 0 Å². The standard InChI is InChI=1S/C16H24N4O2/c1-2-8-17-15(21)13-19-9-11-20(12-10-19)16(22)18-14-6-4-3-5-7-14/h3-7H,2,8-13H2,1H3,(H,17,21)(H,18,22). The van der Waals surface area contributed by atoms with Gasteiger partial charge in [-0.2, -0.15) is 0 Å². The first kappa shape index (κ1) is 16.3. The molecule has 6 nitrogen and oxygen atoms in total. The molecule has 3 amide bonds. The molecule has 2 rings (SSSR count). The van der Waals surface area contributed by atoms with Crippen molar-refractivity contribution < 1.29 is 9.59 Å². The van der Waals surface area contributed by atoms with E-state index >= 15 is 0 Å². The van der Waals surface area contributed by atoms with Crippen LogP contribution in [0.4, 0.5) is 10.5 Å². The number of carbonyl (C=O) groups excluding carboxylic acids is 2. The number of piperazine rings is 1. The number of nitrogens with zero attached hydrogens (tertiary/aromatic N) is 2. The topological polar surface area (TPSA) is 64.7 Å². The van der Waals surface area contributed by atoms with Crippen LogP contribution in [0.15, 0.2) is 30.3 Å². The van der Waals surface area contributed by atoms with E-state index in [2.05, 4.69) is 15.5 Å². The monoisotopic (exact) mass is 304 g/mol. The van der Waals surface area contributed by atoms with Gasteiger partial charge in [-0.1, -0.05) is 25.1 Å². The maximum atomic E-state index is 12.2. The summed E-state index contributed by atoms with van der Waals surface area (Å²) in [7, 11) is 0. The zero-order valence-corrected chi connectivity index (χ0v) is 13.0. The SMILES string of the molecule is CCCNC(=O)CN1CCN(C(=O)Nc2ccccc2)CC1. The van der Waals surface area contributed by atoms with E-state index in [4.69, 9.17) is 0 Å². The number of urea groups is 1. The molecule has 0 aromatic heterocycles. The van der Waals surface area contributed by atoms with Crippen molar-refractivity contribution in [2.75, 3.05) is 44.6 Å². The minimum absolute atomic E-state index is 0.0593. The second-order valence-corrected chi connectivity index (χ2v) is 5.41. The van der Waals surface area contributed by atoms with E-state index in [0.29, 0.717) is 19.6 Å². The molecule has 1 fully saturated rings. The smallest absolute Gasteiger partial charge is 0.321 e. The predicted octanol–water partition coefficient (Wildman–Crippen LogP) is 1.36. The van der Waals surface area contributed by atoms with Crippen LogP contribution in [-0.2, 0) is 4.79 Å². The molecule has 1 saturated heterocycles. The van der Waals surface area contributed by atoms with Crippen molar-refractivity contribution in [3.63, 3.8) is 0 Å². The van der Waals surface area contributed by atoms with E-state index in [9.17, 15) is 9.59 Å². The predicted molar refractivity (Wildman–Crippen MR) is 86.8 cm³/mol. The molecule has 0 spiro atoms. The van der Waals surface area contributed by atoms with E-state index in [1.54, 1.807) is 4.90 Å². The molecular formula is C16H24N4O2. The van der Waals surface area contributed by atoms with Gasteiger partial charge in [-0.25, -0.2) is 4.79 Å². The van der Waals surface area contributed by atoms with Gasteiger partial charge in [0.2, 0.25) is 5.91 Å². The summed E-state index contributed by atoms with van der Waals surface area (Å²) in [5.74, 6) is 0.0593. The Labute approximate surface area is 131 Å². The van der Waals surface area contributed by atoms with Gasteiger partial charge in [0.25, 0.3) is 0 Å². The lowest BCUT2D eigenvalue weighted by Crippen LogP contribution is -2.52. The van der Waals surface area contributed by atoms with Gasteiger partial charge in [0.05, 0.1) is 6.54 Å². The van der Waals surface area contributed by atoms with Gasteiger partial charge in [-0.3, -0.25) is 9.69 Å². The molecular weight excluding hydrogens is 280 g/mol. The van der Waals surface area contributed by atoms with Gasteiger partial charge < -0.3 is 15.5 Å². The van der Waals surface area contributed by atoms with Gasteiger partial charge >= 0.3 is 6.03 Å². The Bertz CT molecular complexity index is 484. The number of hydrogen-bond donors (Lipinski definition) is 2. The Kier molecular flexibility index (Phi) is 6.21. The number of amides is 3. The van der Waals surface area contributed by atoms with Crippen LogP contribution in [0.25, 0.3) is 0 Å². The molecule has 0 bridgehead atoms. The summed E-state index contributed by atoms with van der Waals surface area (Å²) in [6, 6.07) is 9.35. The van der Waals surface area contributed by atoms with E-state index in [1.165, 1.54) is 0 Å². The van der Waals surface area contributed by atoms with Gasteiger partial charge in [-0.05, 0) is 18.6 Å². The Morgan fingerprint density at radius 1 is 1.09 bits per heavy atom. The summed E-state index contributed by atoms with van der Waals surface area (Å²) in [5.41, 5.74) is 0.800. The van der Waals surface area contributed by atoms with Crippen molar-refractivity contribution in [3.05, 3.63) is 30.3 Å². The van der Waals surface area contributed by atoms with E-state index < -0.39 is 0 Å². The highest BCUT2D eigenvalue weighted by Gasteiger charge is 2.22. The van der Waals surface area contributed by atoms with Crippen LogP contribution in [0.2, 0.25) is 0 Å². The molecule has 0 radical (unpaired) electrons. The average molecular weight is 304 g/mol. The minimum Gasteiger partial charge on any atom is -0.355 e. The highest BCUT2D eigenvalue weighted by Crippen LogP contribution is 2.08. The van der Waals surface area contributed by atoms with E-state index in [-0.39, 0.29) is 11.9 Å². The van der Waals surface area contributed by atoms with Crippen LogP contribution < -0.4 is 10.6 Å². The number of carbonyl (C=O) groups is 2. The molecule has 0 unspecified atom stereocenters. The van der Waals surface area contributed by atoms with Crippen molar-refractivity contribution in [1.82, 2.24) is 15.1 Å². The first-order chi connectivity index (χ1) is 10.7. The minimum atomic E-state index is -0.0821. The summed E-state index contributed by atoms with van der Waals surface area (Å²) < 4.78 is 0. The fourth-order valence-corrected chi connectivity index (χ4v) is 2.36. The normalized spacial score (nSPS) is 15.4. The lowest BCUT2D eigenvalue weighted by Gasteiger charge is -2.34. The Morgan fingerprint density at radius 2 is 1.77 bits per heavy atom. The third-order valence-corrected chi connectivity index (χ3v) is 3.62. The van der Waals surface area contributed by atoms with Gasteiger partial charge in [0, 0.05) is 38.4 Å². The van der Waals surface area contributed by atoms with Crippen molar-refractivity contribution in [1.29, 1.82) is 0 Å². The average Bonchev–Trinajstić information content (AvgIpc) is 2.54. The number of anilines is 1. The van der Waals surface area contributed by atoms with Crippen molar-refractivity contribution >= 4 is 17.6 Å². The molecule has 1 heterocycles. The molecule has 1 aromatic rings. The molecule has 2 N–H and O–H groups in total. The molecule has 0 aliphatic carbocycles.